The van der Waals surface area contributed by atoms with Crippen LogP contribution in [0.15, 0.2) is 30.6 Å². The molecule has 0 amide bonds. The Morgan fingerprint density at radius 1 is 1.35 bits per heavy atom. The maximum atomic E-state index is 11.5. The summed E-state index contributed by atoms with van der Waals surface area (Å²) in [6.07, 6.45) is 5.12. The molecule has 0 aliphatic carbocycles. The van der Waals surface area contributed by atoms with Crippen molar-refractivity contribution in [2.45, 2.75) is 33.3 Å². The van der Waals surface area contributed by atoms with Crippen LogP contribution in [0.25, 0.3) is 17.6 Å². The molecule has 0 spiro atoms. The van der Waals surface area contributed by atoms with Crippen molar-refractivity contribution in [2.75, 3.05) is 7.11 Å². The zero-order valence-electron chi connectivity index (χ0n) is 13.8. The highest BCUT2D eigenvalue weighted by Crippen LogP contribution is 2.23. The Hall–Kier alpha value is -2.63. The molecule has 0 radical (unpaired) electrons. The second-order valence-corrected chi connectivity index (χ2v) is 5.27. The van der Waals surface area contributed by atoms with Crippen LogP contribution in [0, 0.1) is 0 Å². The largest absolute Gasteiger partial charge is 0.497 e. The molecule has 6 heteroatoms. The van der Waals surface area contributed by atoms with Crippen LogP contribution in [0.5, 0.6) is 5.75 Å². The van der Waals surface area contributed by atoms with Gasteiger partial charge in [0.15, 0.2) is 5.82 Å². The van der Waals surface area contributed by atoms with Crippen LogP contribution in [0.2, 0.25) is 0 Å². The zero-order valence-corrected chi connectivity index (χ0v) is 13.8. The first-order valence-corrected chi connectivity index (χ1v) is 7.50. The number of nitrogens with zero attached hydrogens (tertiary/aromatic N) is 3. The van der Waals surface area contributed by atoms with Crippen LogP contribution >= 0.6 is 0 Å². The molecule has 1 heterocycles. The van der Waals surface area contributed by atoms with E-state index in [4.69, 9.17) is 9.47 Å². The molecule has 1 aromatic carbocycles. The summed E-state index contributed by atoms with van der Waals surface area (Å²) in [6, 6.07) is 5.90. The van der Waals surface area contributed by atoms with E-state index in [-0.39, 0.29) is 6.10 Å². The van der Waals surface area contributed by atoms with E-state index in [1.165, 1.54) is 17.0 Å². The van der Waals surface area contributed by atoms with E-state index in [9.17, 15) is 4.79 Å². The molecule has 23 heavy (non-hydrogen) atoms. The Bertz CT molecular complexity index is 683. The van der Waals surface area contributed by atoms with Gasteiger partial charge in [0, 0.05) is 17.8 Å². The lowest BCUT2D eigenvalue weighted by molar-refractivity contribution is -0.141. The van der Waals surface area contributed by atoms with Crippen LogP contribution in [-0.2, 0) is 16.0 Å². The molecule has 0 N–H and O–H groups in total. The predicted molar refractivity (Wildman–Crippen MR) is 87.9 cm³/mol. The number of carbonyl (C=O) groups is 1. The predicted octanol–water partition coefficient (Wildman–Crippen LogP) is 2.94. The number of aryl methyl sites for hydroxylation is 1. The number of hydrogen-bond acceptors (Lipinski definition) is 5. The highest BCUT2D eigenvalue weighted by molar-refractivity contribution is 5.85. The van der Waals surface area contributed by atoms with Crippen LogP contribution in [0.4, 0.5) is 0 Å². The summed E-state index contributed by atoms with van der Waals surface area (Å²) in [4.78, 5) is 15.8. The second-order valence-electron chi connectivity index (χ2n) is 5.27. The average molecular weight is 315 g/mol. The number of hydrogen-bond donors (Lipinski definition) is 0. The van der Waals surface area contributed by atoms with E-state index in [0.717, 1.165) is 23.3 Å². The molecular weight excluding hydrogens is 294 g/mol. The molecule has 0 aliphatic rings. The highest BCUT2D eigenvalue weighted by Gasteiger charge is 2.07. The van der Waals surface area contributed by atoms with Gasteiger partial charge in [0.05, 0.1) is 13.2 Å². The number of carbonyl (C=O) groups excluding carboxylic acids is 1. The van der Waals surface area contributed by atoms with Crippen molar-refractivity contribution in [1.82, 2.24) is 14.8 Å². The van der Waals surface area contributed by atoms with E-state index in [2.05, 4.69) is 17.0 Å². The number of esters is 1. The summed E-state index contributed by atoms with van der Waals surface area (Å²) in [5.41, 5.74) is 2.02. The van der Waals surface area contributed by atoms with Gasteiger partial charge < -0.3 is 9.47 Å². The molecule has 2 aromatic rings. The Morgan fingerprint density at radius 3 is 2.78 bits per heavy atom. The third-order valence-electron chi connectivity index (χ3n) is 3.09. The number of benzene rings is 1. The first-order valence-electron chi connectivity index (χ1n) is 7.50. The number of aromatic nitrogens is 3. The summed E-state index contributed by atoms with van der Waals surface area (Å²) in [7, 11) is 1.63. The van der Waals surface area contributed by atoms with Gasteiger partial charge in [-0.1, -0.05) is 6.92 Å². The van der Waals surface area contributed by atoms with Crippen molar-refractivity contribution in [3.8, 4) is 17.1 Å². The van der Waals surface area contributed by atoms with Crippen LogP contribution < -0.4 is 4.74 Å². The van der Waals surface area contributed by atoms with Gasteiger partial charge in [-0.05, 0) is 44.0 Å². The van der Waals surface area contributed by atoms with E-state index in [1.54, 1.807) is 27.3 Å². The maximum Gasteiger partial charge on any atom is 0.332 e. The van der Waals surface area contributed by atoms with Crippen molar-refractivity contribution < 1.29 is 14.3 Å². The summed E-state index contributed by atoms with van der Waals surface area (Å²) in [5.74, 6) is 0.930. The SMILES string of the molecule is CCc1cc(OC)cc(-c2ncn(/C=C\C(=O)OC(C)C)n2)c1. The molecule has 0 saturated heterocycles. The van der Waals surface area contributed by atoms with E-state index in [0.29, 0.717) is 5.82 Å². The molecule has 0 unspecified atom stereocenters. The summed E-state index contributed by atoms with van der Waals surface area (Å²) in [5, 5.41) is 4.34. The van der Waals surface area contributed by atoms with Crippen molar-refractivity contribution >= 4 is 12.2 Å². The third-order valence-corrected chi connectivity index (χ3v) is 3.09. The fourth-order valence-corrected chi connectivity index (χ4v) is 2.00. The summed E-state index contributed by atoms with van der Waals surface area (Å²) in [6.45, 7) is 5.68. The molecule has 0 aliphatic heterocycles. The number of methoxy groups -OCH3 is 1. The smallest absolute Gasteiger partial charge is 0.332 e. The fourth-order valence-electron chi connectivity index (χ4n) is 2.00. The van der Waals surface area contributed by atoms with Crippen molar-refractivity contribution in [1.29, 1.82) is 0 Å². The van der Waals surface area contributed by atoms with E-state index < -0.39 is 5.97 Å². The zero-order chi connectivity index (χ0) is 16.8. The average Bonchev–Trinajstić information content (AvgIpc) is 3.00. The Morgan fingerprint density at radius 2 is 2.13 bits per heavy atom. The fraction of sp³-hybridized carbons (Fsp3) is 0.353. The first kappa shape index (κ1) is 16.7. The maximum absolute atomic E-state index is 11.5. The van der Waals surface area contributed by atoms with Crippen LogP contribution in [0.3, 0.4) is 0 Å². The highest BCUT2D eigenvalue weighted by atomic mass is 16.5. The molecule has 0 bridgehead atoms. The lowest BCUT2D eigenvalue weighted by Gasteiger charge is -2.05. The molecule has 0 saturated carbocycles. The van der Waals surface area contributed by atoms with Gasteiger partial charge in [0.1, 0.15) is 12.1 Å². The van der Waals surface area contributed by atoms with Gasteiger partial charge in [-0.3, -0.25) is 0 Å². The van der Waals surface area contributed by atoms with Crippen LogP contribution in [0.1, 0.15) is 26.3 Å². The van der Waals surface area contributed by atoms with Gasteiger partial charge >= 0.3 is 5.97 Å². The molecule has 122 valence electrons. The Labute approximate surface area is 135 Å². The minimum Gasteiger partial charge on any atom is -0.497 e. The van der Waals surface area contributed by atoms with E-state index in [1.807, 2.05) is 18.2 Å². The van der Waals surface area contributed by atoms with Gasteiger partial charge in [-0.15, -0.1) is 5.10 Å². The van der Waals surface area contributed by atoms with Crippen LogP contribution in [-0.4, -0.2) is 33.9 Å². The number of ether oxygens (including phenoxy) is 2. The minimum absolute atomic E-state index is 0.150. The first-order chi connectivity index (χ1) is 11.0. The molecule has 0 atom stereocenters. The van der Waals surface area contributed by atoms with E-state index >= 15 is 0 Å². The lowest BCUT2D eigenvalue weighted by Crippen LogP contribution is -2.08. The van der Waals surface area contributed by atoms with Gasteiger partial charge in [-0.2, -0.15) is 0 Å². The quantitative estimate of drug-likeness (QED) is 0.605. The standard InChI is InChI=1S/C17H21N3O3/c1-5-13-8-14(10-15(9-13)22-4)17-18-11-20(19-17)7-6-16(21)23-12(2)3/h6-12H,5H2,1-4H3/b7-6-. The van der Waals surface area contributed by atoms with Crippen molar-refractivity contribution in [2.24, 2.45) is 0 Å². The third kappa shape index (κ3) is 4.67. The summed E-state index contributed by atoms with van der Waals surface area (Å²) < 4.78 is 11.8. The monoisotopic (exact) mass is 315 g/mol. The Balaban J connectivity index is 2.19. The molecule has 2 rings (SSSR count). The second kappa shape index (κ2) is 7.58. The number of rotatable bonds is 6. The van der Waals surface area contributed by atoms with Gasteiger partial charge in [-0.25, -0.2) is 14.5 Å². The lowest BCUT2D eigenvalue weighted by atomic mass is 10.1. The molecule has 6 nitrogen and oxygen atoms in total. The Kier molecular flexibility index (Phi) is 5.51. The molecule has 1 aromatic heterocycles. The van der Waals surface area contributed by atoms with Crippen molar-refractivity contribution in [3.05, 3.63) is 36.2 Å². The normalized spacial score (nSPS) is 11.2. The van der Waals surface area contributed by atoms with Crippen molar-refractivity contribution in [3.63, 3.8) is 0 Å². The minimum atomic E-state index is -0.410. The molecular formula is C17H21N3O3. The van der Waals surface area contributed by atoms with Gasteiger partial charge in [0.2, 0.25) is 0 Å². The molecule has 0 fully saturated rings. The summed E-state index contributed by atoms with van der Waals surface area (Å²) >= 11 is 0. The van der Waals surface area contributed by atoms with Gasteiger partial charge in [0.25, 0.3) is 0 Å². The topological polar surface area (TPSA) is 66.2 Å².